The number of nitrogens with two attached hydrogens (primary N) is 1. The van der Waals surface area contributed by atoms with Crippen molar-refractivity contribution in [3.8, 4) is 0 Å². The molecule has 0 amide bonds. The zero-order valence-electron chi connectivity index (χ0n) is 14.2. The molecule has 0 unspecified atom stereocenters. The highest BCUT2D eigenvalue weighted by Gasteiger charge is 2.13. The van der Waals surface area contributed by atoms with Crippen LogP contribution in [0.25, 0.3) is 0 Å². The van der Waals surface area contributed by atoms with Crippen molar-refractivity contribution in [2.24, 2.45) is 5.14 Å². The molecule has 0 fully saturated rings. The Morgan fingerprint density at radius 1 is 0.929 bits per heavy atom. The minimum Gasteiger partial charge on any atom is -0.340 e. The summed E-state index contributed by atoms with van der Waals surface area (Å²) >= 11 is 0. The Labute approximate surface area is 158 Å². The van der Waals surface area contributed by atoms with Gasteiger partial charge in [-0.15, -0.1) is 0 Å². The summed E-state index contributed by atoms with van der Waals surface area (Å²) in [4.78, 5) is 7.74. The van der Waals surface area contributed by atoms with Gasteiger partial charge in [0.1, 0.15) is 24.6 Å². The fraction of sp³-hybridized carbons (Fsp3) is 0.0588. The van der Waals surface area contributed by atoms with E-state index in [0.29, 0.717) is 0 Å². The van der Waals surface area contributed by atoms with Crippen LogP contribution in [0.2, 0.25) is 0 Å². The van der Waals surface area contributed by atoms with Crippen LogP contribution in [0.4, 0.5) is 36.2 Å². The maximum Gasteiger partial charge on any atom is 0.238 e. The van der Waals surface area contributed by atoms with Crippen molar-refractivity contribution in [2.45, 2.75) is 11.6 Å². The van der Waals surface area contributed by atoms with Gasteiger partial charge in [-0.05, 0) is 24.3 Å². The smallest absolute Gasteiger partial charge is 0.238 e. The highest BCUT2D eigenvalue weighted by atomic mass is 32.2. The van der Waals surface area contributed by atoms with Crippen molar-refractivity contribution in [3.63, 3.8) is 0 Å². The van der Waals surface area contributed by atoms with Crippen LogP contribution in [0.1, 0.15) is 5.56 Å². The number of alkyl halides is 1. The fourth-order valence-electron chi connectivity index (χ4n) is 2.32. The summed E-state index contributed by atoms with van der Waals surface area (Å²) in [6.45, 7) is -0.849. The molecule has 0 bridgehead atoms. The molecule has 0 aliphatic carbocycles. The molecule has 3 aromatic rings. The Morgan fingerprint density at radius 2 is 1.64 bits per heavy atom. The number of nitrogens with one attached hydrogen (secondary N) is 2. The zero-order valence-corrected chi connectivity index (χ0v) is 15.0. The van der Waals surface area contributed by atoms with E-state index in [0.717, 1.165) is 12.1 Å². The molecular formula is C17H14F3N5O2S. The first-order chi connectivity index (χ1) is 13.3. The molecule has 0 spiro atoms. The van der Waals surface area contributed by atoms with E-state index >= 15 is 0 Å². The van der Waals surface area contributed by atoms with E-state index in [9.17, 15) is 21.6 Å². The minimum absolute atomic E-state index is 0.159. The van der Waals surface area contributed by atoms with Gasteiger partial charge in [0.15, 0.2) is 11.6 Å². The highest BCUT2D eigenvalue weighted by molar-refractivity contribution is 7.89. The summed E-state index contributed by atoms with van der Waals surface area (Å²) in [5.74, 6) is -1.55. The number of sulfonamides is 1. The Bertz CT molecular complexity index is 1130. The molecular weight excluding hydrogens is 395 g/mol. The predicted molar refractivity (Wildman–Crippen MR) is 97.6 cm³/mol. The molecule has 2 aromatic carbocycles. The Balaban J connectivity index is 1.87. The lowest BCUT2D eigenvalue weighted by atomic mass is 10.2. The number of rotatable bonds is 6. The number of hydrogen-bond acceptors (Lipinski definition) is 6. The summed E-state index contributed by atoms with van der Waals surface area (Å²) in [6, 6.07) is 8.35. The van der Waals surface area contributed by atoms with Crippen molar-refractivity contribution in [2.75, 3.05) is 10.6 Å². The van der Waals surface area contributed by atoms with Gasteiger partial charge in [-0.2, -0.15) is 0 Å². The van der Waals surface area contributed by atoms with Crippen LogP contribution >= 0.6 is 0 Å². The van der Waals surface area contributed by atoms with E-state index in [1.807, 2.05) is 0 Å². The third-order valence-corrected chi connectivity index (χ3v) is 4.59. The van der Waals surface area contributed by atoms with Crippen LogP contribution in [0.5, 0.6) is 0 Å². The molecule has 1 aromatic heterocycles. The molecule has 0 saturated carbocycles. The Hall–Kier alpha value is -3.18. The summed E-state index contributed by atoms with van der Waals surface area (Å²) in [5, 5.41) is 10.7. The van der Waals surface area contributed by atoms with Gasteiger partial charge in [-0.3, -0.25) is 0 Å². The van der Waals surface area contributed by atoms with E-state index in [1.165, 1.54) is 36.7 Å². The SMILES string of the molecule is NS(=O)(=O)c1ccc(CF)c(Nc2cc(Nc3ccc(F)c(F)c3)ncn2)c1. The monoisotopic (exact) mass is 409 g/mol. The van der Waals surface area contributed by atoms with Crippen LogP contribution in [0.3, 0.4) is 0 Å². The van der Waals surface area contributed by atoms with Gasteiger partial charge >= 0.3 is 0 Å². The number of aromatic nitrogens is 2. The first kappa shape index (κ1) is 19.6. The van der Waals surface area contributed by atoms with Crippen LogP contribution in [0, 0.1) is 11.6 Å². The number of benzene rings is 2. The van der Waals surface area contributed by atoms with Crippen LogP contribution in [0.15, 0.2) is 53.7 Å². The van der Waals surface area contributed by atoms with E-state index < -0.39 is 28.3 Å². The maximum absolute atomic E-state index is 13.3. The van der Waals surface area contributed by atoms with Crippen molar-refractivity contribution < 1.29 is 21.6 Å². The predicted octanol–water partition coefficient (Wildman–Crippen LogP) is 3.36. The molecule has 3 rings (SSSR count). The third kappa shape index (κ3) is 4.56. The first-order valence-electron chi connectivity index (χ1n) is 7.79. The standard InChI is InChI=1S/C17H14F3N5O2S/c18-8-10-1-3-12(28(21,26)27)6-15(10)25-17-7-16(22-9-23-17)24-11-2-4-13(19)14(20)5-11/h1-7,9H,8H2,(H2,21,26,27)(H2,22,23,24,25). The minimum atomic E-state index is -3.97. The molecule has 1 heterocycles. The van der Waals surface area contributed by atoms with Gasteiger partial charge in [-0.25, -0.2) is 36.7 Å². The average molecular weight is 409 g/mol. The summed E-state index contributed by atoms with van der Waals surface area (Å²) < 4.78 is 62.6. The quantitative estimate of drug-likeness (QED) is 0.576. The molecule has 7 nitrogen and oxygen atoms in total. The van der Waals surface area contributed by atoms with Gasteiger partial charge in [0.25, 0.3) is 0 Å². The Kier molecular flexibility index (Phi) is 5.47. The maximum atomic E-state index is 13.3. The fourth-order valence-corrected chi connectivity index (χ4v) is 2.86. The van der Waals surface area contributed by atoms with E-state index in [1.54, 1.807) is 0 Å². The molecule has 0 radical (unpaired) electrons. The van der Waals surface area contributed by atoms with E-state index in [2.05, 4.69) is 20.6 Å². The van der Waals surface area contributed by atoms with Gasteiger partial charge in [-0.1, -0.05) is 6.07 Å². The van der Waals surface area contributed by atoms with E-state index in [4.69, 9.17) is 5.14 Å². The summed E-state index contributed by atoms with van der Waals surface area (Å²) in [5.41, 5.74) is 0.608. The molecule has 0 aliphatic rings. The van der Waals surface area contributed by atoms with Crippen molar-refractivity contribution in [1.29, 1.82) is 0 Å². The second-order valence-electron chi connectivity index (χ2n) is 5.66. The summed E-state index contributed by atoms with van der Waals surface area (Å²) in [6.07, 6.45) is 1.18. The van der Waals surface area contributed by atoms with Crippen LogP contribution < -0.4 is 15.8 Å². The molecule has 0 atom stereocenters. The molecule has 0 saturated heterocycles. The first-order valence-corrected chi connectivity index (χ1v) is 9.34. The van der Waals surface area contributed by atoms with Crippen molar-refractivity contribution >= 4 is 33.0 Å². The largest absolute Gasteiger partial charge is 0.340 e. The summed E-state index contributed by atoms with van der Waals surface area (Å²) in [7, 11) is -3.97. The number of nitrogens with zero attached hydrogens (tertiary/aromatic N) is 2. The second-order valence-corrected chi connectivity index (χ2v) is 7.23. The zero-order chi connectivity index (χ0) is 20.3. The molecule has 4 N–H and O–H groups in total. The normalized spacial score (nSPS) is 11.3. The molecule has 11 heteroatoms. The number of anilines is 4. The lowest BCUT2D eigenvalue weighted by Crippen LogP contribution is -2.12. The number of hydrogen-bond donors (Lipinski definition) is 3. The van der Waals surface area contributed by atoms with Crippen molar-refractivity contribution in [1.82, 2.24) is 9.97 Å². The number of halogens is 3. The third-order valence-electron chi connectivity index (χ3n) is 3.68. The van der Waals surface area contributed by atoms with Gasteiger partial charge < -0.3 is 10.6 Å². The van der Waals surface area contributed by atoms with Gasteiger partial charge in [0.2, 0.25) is 10.0 Å². The lowest BCUT2D eigenvalue weighted by Gasteiger charge is -2.12. The topological polar surface area (TPSA) is 110 Å². The lowest BCUT2D eigenvalue weighted by molar-refractivity contribution is 0.486. The molecule has 0 aliphatic heterocycles. The van der Waals surface area contributed by atoms with Crippen LogP contribution in [-0.4, -0.2) is 18.4 Å². The van der Waals surface area contributed by atoms with E-state index in [-0.39, 0.29) is 33.5 Å². The van der Waals surface area contributed by atoms with Gasteiger partial charge in [0.05, 0.1) is 4.90 Å². The highest BCUT2D eigenvalue weighted by Crippen LogP contribution is 2.25. The average Bonchev–Trinajstić information content (AvgIpc) is 2.64. The Morgan fingerprint density at radius 3 is 2.29 bits per heavy atom. The van der Waals surface area contributed by atoms with Crippen molar-refractivity contribution in [3.05, 3.63) is 66.0 Å². The second kappa shape index (κ2) is 7.82. The van der Waals surface area contributed by atoms with Gasteiger partial charge in [0, 0.05) is 29.1 Å². The molecule has 28 heavy (non-hydrogen) atoms. The number of primary sulfonamides is 1. The van der Waals surface area contributed by atoms with Crippen LogP contribution in [-0.2, 0) is 16.7 Å². The molecule has 146 valence electrons.